The molecular weight excluding hydrogens is 174 g/mol. The molecule has 0 bridgehead atoms. The van der Waals surface area contributed by atoms with Gasteiger partial charge in [0.2, 0.25) is 0 Å². The van der Waals surface area contributed by atoms with Crippen LogP contribution in [0.15, 0.2) is 18.5 Å². The average Bonchev–Trinajstić information content (AvgIpc) is 2.20. The number of pyridine rings is 1. The van der Waals surface area contributed by atoms with Gasteiger partial charge < -0.3 is 11.1 Å². The summed E-state index contributed by atoms with van der Waals surface area (Å²) in [4.78, 5) is 4.05. The van der Waals surface area contributed by atoms with Crippen LogP contribution < -0.4 is 11.1 Å². The second-order valence-corrected chi connectivity index (χ2v) is 3.56. The van der Waals surface area contributed by atoms with Crippen molar-refractivity contribution in [1.82, 2.24) is 4.98 Å². The van der Waals surface area contributed by atoms with Crippen LogP contribution in [-0.2, 0) is 0 Å². The van der Waals surface area contributed by atoms with Crippen LogP contribution in [0.3, 0.4) is 0 Å². The maximum Gasteiger partial charge on any atom is 0.0403 e. The molecule has 1 heterocycles. The highest BCUT2D eigenvalue weighted by molar-refractivity contribution is 5.49. The summed E-state index contributed by atoms with van der Waals surface area (Å²) in [7, 11) is 0. The minimum atomic E-state index is 0.376. The van der Waals surface area contributed by atoms with Crippen LogP contribution in [0.25, 0.3) is 0 Å². The third-order valence-electron chi connectivity index (χ3n) is 2.30. The predicted octanol–water partition coefficient (Wildman–Crippen LogP) is 1.93. The molecule has 3 N–H and O–H groups in total. The summed E-state index contributed by atoms with van der Waals surface area (Å²) >= 11 is 0. The van der Waals surface area contributed by atoms with Gasteiger partial charge in [-0.1, -0.05) is 13.3 Å². The molecule has 0 fully saturated rings. The maximum atomic E-state index is 5.68. The Balaban J connectivity index is 2.62. The Bertz CT molecular complexity index is 273. The molecule has 3 heteroatoms. The smallest absolute Gasteiger partial charge is 0.0403 e. The van der Waals surface area contributed by atoms with Crippen LogP contribution in [0.1, 0.15) is 25.3 Å². The third kappa shape index (κ3) is 3.00. The molecule has 1 aromatic heterocycles. The Morgan fingerprint density at radius 3 is 2.93 bits per heavy atom. The first-order valence-electron chi connectivity index (χ1n) is 5.15. The average molecular weight is 193 g/mol. The lowest BCUT2D eigenvalue weighted by molar-refractivity contribution is 0.648. The van der Waals surface area contributed by atoms with Crippen molar-refractivity contribution in [3.8, 4) is 0 Å². The predicted molar refractivity (Wildman–Crippen MR) is 60.3 cm³/mol. The molecule has 14 heavy (non-hydrogen) atoms. The van der Waals surface area contributed by atoms with Crippen LogP contribution in [0.2, 0.25) is 0 Å². The van der Waals surface area contributed by atoms with E-state index in [1.807, 2.05) is 12.3 Å². The molecule has 78 valence electrons. The Kier molecular flexibility index (Phi) is 4.40. The van der Waals surface area contributed by atoms with Crippen molar-refractivity contribution < 1.29 is 0 Å². The van der Waals surface area contributed by atoms with Crippen molar-refractivity contribution in [2.75, 3.05) is 11.9 Å². The van der Waals surface area contributed by atoms with Crippen molar-refractivity contribution in [3.63, 3.8) is 0 Å². The molecule has 0 saturated carbocycles. The fourth-order valence-corrected chi connectivity index (χ4v) is 1.45. The number of rotatable bonds is 5. The molecule has 0 aromatic carbocycles. The fourth-order valence-electron chi connectivity index (χ4n) is 1.45. The lowest BCUT2D eigenvalue weighted by atomic mass is 10.1. The number of nitrogens with two attached hydrogens (primary N) is 1. The molecule has 0 radical (unpaired) electrons. The van der Waals surface area contributed by atoms with Crippen LogP contribution in [-0.4, -0.2) is 17.6 Å². The summed E-state index contributed by atoms with van der Waals surface area (Å²) in [5, 5.41) is 3.43. The number of hydrogen-bond donors (Lipinski definition) is 2. The van der Waals surface area contributed by atoms with Crippen molar-refractivity contribution in [2.45, 2.75) is 32.7 Å². The van der Waals surface area contributed by atoms with Gasteiger partial charge in [0, 0.05) is 30.7 Å². The largest absolute Gasteiger partial charge is 0.381 e. The highest BCUT2D eigenvalue weighted by Gasteiger charge is 2.05. The van der Waals surface area contributed by atoms with E-state index >= 15 is 0 Å². The molecule has 0 aliphatic rings. The zero-order valence-corrected chi connectivity index (χ0v) is 8.96. The molecule has 0 saturated heterocycles. The number of aromatic nitrogens is 1. The van der Waals surface area contributed by atoms with Crippen LogP contribution in [0, 0.1) is 6.92 Å². The summed E-state index contributed by atoms with van der Waals surface area (Å²) < 4.78 is 0. The Morgan fingerprint density at radius 1 is 1.57 bits per heavy atom. The quantitative estimate of drug-likeness (QED) is 0.751. The van der Waals surface area contributed by atoms with E-state index in [1.54, 1.807) is 6.20 Å². The SMILES string of the molecule is CCCC(CN)Nc1ccncc1C. The Labute approximate surface area is 85.7 Å². The van der Waals surface area contributed by atoms with E-state index in [2.05, 4.69) is 24.1 Å². The highest BCUT2D eigenvalue weighted by Crippen LogP contribution is 2.14. The van der Waals surface area contributed by atoms with Gasteiger partial charge in [0.15, 0.2) is 0 Å². The molecule has 0 aliphatic carbocycles. The van der Waals surface area contributed by atoms with Gasteiger partial charge in [0.1, 0.15) is 0 Å². The van der Waals surface area contributed by atoms with E-state index in [1.165, 1.54) is 5.56 Å². The van der Waals surface area contributed by atoms with Crippen LogP contribution in [0.5, 0.6) is 0 Å². The number of aryl methyl sites for hydroxylation is 1. The Hall–Kier alpha value is -1.09. The summed E-state index contributed by atoms with van der Waals surface area (Å²) in [5.41, 5.74) is 7.99. The normalized spacial score (nSPS) is 12.5. The molecule has 1 aromatic rings. The minimum Gasteiger partial charge on any atom is -0.381 e. The second-order valence-electron chi connectivity index (χ2n) is 3.56. The van der Waals surface area contributed by atoms with E-state index in [-0.39, 0.29) is 0 Å². The lowest BCUT2D eigenvalue weighted by Crippen LogP contribution is -2.28. The van der Waals surface area contributed by atoms with Gasteiger partial charge in [-0.05, 0) is 25.0 Å². The molecule has 0 amide bonds. The van der Waals surface area contributed by atoms with Crippen molar-refractivity contribution in [2.24, 2.45) is 5.73 Å². The topological polar surface area (TPSA) is 50.9 Å². The molecule has 3 nitrogen and oxygen atoms in total. The summed E-state index contributed by atoms with van der Waals surface area (Å²) in [5.74, 6) is 0. The van der Waals surface area contributed by atoms with E-state index < -0.39 is 0 Å². The standard InChI is InChI=1S/C11H19N3/c1-3-4-10(7-12)14-11-5-6-13-8-9(11)2/h5-6,8,10H,3-4,7,12H2,1-2H3,(H,13,14). The van der Waals surface area contributed by atoms with Gasteiger partial charge in [0.25, 0.3) is 0 Å². The third-order valence-corrected chi connectivity index (χ3v) is 2.30. The van der Waals surface area contributed by atoms with E-state index in [0.717, 1.165) is 18.5 Å². The molecule has 1 unspecified atom stereocenters. The number of nitrogens with one attached hydrogen (secondary N) is 1. The maximum absolute atomic E-state index is 5.68. The summed E-state index contributed by atoms with van der Waals surface area (Å²) in [6, 6.07) is 2.37. The van der Waals surface area contributed by atoms with E-state index in [0.29, 0.717) is 12.6 Å². The molecule has 1 atom stereocenters. The first kappa shape index (κ1) is 11.0. The van der Waals surface area contributed by atoms with Gasteiger partial charge in [0.05, 0.1) is 0 Å². The number of nitrogens with zero attached hydrogens (tertiary/aromatic N) is 1. The van der Waals surface area contributed by atoms with Gasteiger partial charge in [-0.3, -0.25) is 4.98 Å². The zero-order valence-electron chi connectivity index (χ0n) is 8.96. The highest BCUT2D eigenvalue weighted by atomic mass is 14.9. The van der Waals surface area contributed by atoms with Gasteiger partial charge in [-0.25, -0.2) is 0 Å². The van der Waals surface area contributed by atoms with Gasteiger partial charge >= 0.3 is 0 Å². The van der Waals surface area contributed by atoms with E-state index in [4.69, 9.17) is 5.73 Å². The monoisotopic (exact) mass is 193 g/mol. The van der Waals surface area contributed by atoms with E-state index in [9.17, 15) is 0 Å². The van der Waals surface area contributed by atoms with Gasteiger partial charge in [-0.15, -0.1) is 0 Å². The van der Waals surface area contributed by atoms with Crippen LogP contribution in [0.4, 0.5) is 5.69 Å². The second kappa shape index (κ2) is 5.60. The zero-order chi connectivity index (χ0) is 10.4. The molecule has 0 spiro atoms. The Morgan fingerprint density at radius 2 is 2.36 bits per heavy atom. The van der Waals surface area contributed by atoms with Crippen LogP contribution >= 0.6 is 0 Å². The molecular formula is C11H19N3. The molecule has 0 aliphatic heterocycles. The molecule has 1 rings (SSSR count). The van der Waals surface area contributed by atoms with Crippen molar-refractivity contribution in [3.05, 3.63) is 24.0 Å². The fraction of sp³-hybridized carbons (Fsp3) is 0.545. The summed E-state index contributed by atoms with van der Waals surface area (Å²) in [6.45, 7) is 4.90. The minimum absolute atomic E-state index is 0.376. The summed E-state index contributed by atoms with van der Waals surface area (Å²) in [6.07, 6.45) is 5.92. The number of hydrogen-bond acceptors (Lipinski definition) is 3. The first-order valence-corrected chi connectivity index (χ1v) is 5.15. The van der Waals surface area contributed by atoms with Crippen molar-refractivity contribution in [1.29, 1.82) is 0 Å². The van der Waals surface area contributed by atoms with Gasteiger partial charge in [-0.2, -0.15) is 0 Å². The van der Waals surface area contributed by atoms with Crippen molar-refractivity contribution >= 4 is 5.69 Å². The first-order chi connectivity index (χ1) is 6.77. The number of anilines is 1. The lowest BCUT2D eigenvalue weighted by Gasteiger charge is -2.18.